The van der Waals surface area contributed by atoms with Crippen molar-refractivity contribution in [3.63, 3.8) is 0 Å². The van der Waals surface area contributed by atoms with Crippen molar-refractivity contribution in [2.75, 3.05) is 5.32 Å². The molecule has 0 bridgehead atoms. The second kappa shape index (κ2) is 8.76. The van der Waals surface area contributed by atoms with Gasteiger partial charge in [0.2, 0.25) is 5.91 Å². The molecule has 0 aliphatic heterocycles. The molecule has 0 saturated heterocycles. The summed E-state index contributed by atoms with van der Waals surface area (Å²) in [5.74, 6) is -0.319. The zero-order valence-electron chi connectivity index (χ0n) is 15.7. The minimum absolute atomic E-state index is 0.00972. The standard InChI is InChI=1S/C20H21N3O4S/c1-12(2)22-20(25)27-14-4-5-15-16(10-21)19(28-17(15)9-14)23-18(24)6-3-13-7-8-26-11-13/h3,6-8,11-12,14H,4-5,9H2,1-2H3,(H,22,25)(H,23,24)/b6-3+. The Bertz CT molecular complexity index is 922. The normalized spacial score (nSPS) is 15.9. The van der Waals surface area contributed by atoms with Gasteiger partial charge >= 0.3 is 6.09 Å². The molecular formula is C20H21N3O4S. The Morgan fingerprint density at radius 3 is 2.96 bits per heavy atom. The molecule has 146 valence electrons. The SMILES string of the molecule is CC(C)NC(=O)OC1CCc2c(sc(NC(=O)/C=C/c3ccoc3)c2C#N)C1. The number of nitriles is 1. The van der Waals surface area contributed by atoms with Gasteiger partial charge in [-0.05, 0) is 44.4 Å². The molecule has 7 nitrogen and oxygen atoms in total. The van der Waals surface area contributed by atoms with E-state index in [0.29, 0.717) is 29.8 Å². The van der Waals surface area contributed by atoms with Crippen molar-refractivity contribution in [1.82, 2.24) is 5.32 Å². The first-order valence-corrected chi connectivity index (χ1v) is 9.81. The highest BCUT2D eigenvalue weighted by atomic mass is 32.1. The van der Waals surface area contributed by atoms with Crippen LogP contribution in [0.1, 0.15) is 41.8 Å². The van der Waals surface area contributed by atoms with Crippen molar-refractivity contribution in [3.05, 3.63) is 46.2 Å². The quantitative estimate of drug-likeness (QED) is 0.743. The van der Waals surface area contributed by atoms with Gasteiger partial charge in [0.15, 0.2) is 0 Å². The van der Waals surface area contributed by atoms with E-state index >= 15 is 0 Å². The Kier molecular flexibility index (Phi) is 6.16. The van der Waals surface area contributed by atoms with Crippen LogP contribution < -0.4 is 10.6 Å². The Balaban J connectivity index is 1.68. The molecule has 8 heteroatoms. The summed E-state index contributed by atoms with van der Waals surface area (Å²) in [6, 6.07) is 3.95. The maximum Gasteiger partial charge on any atom is 0.407 e. The molecule has 0 aromatic carbocycles. The molecule has 0 fully saturated rings. The van der Waals surface area contributed by atoms with Crippen molar-refractivity contribution in [2.24, 2.45) is 0 Å². The summed E-state index contributed by atoms with van der Waals surface area (Å²) in [4.78, 5) is 25.0. The van der Waals surface area contributed by atoms with E-state index < -0.39 is 6.09 Å². The zero-order chi connectivity index (χ0) is 20.1. The topological polar surface area (TPSA) is 104 Å². The van der Waals surface area contributed by atoms with Gasteiger partial charge in [0, 0.05) is 29.0 Å². The summed E-state index contributed by atoms with van der Waals surface area (Å²) in [5, 5.41) is 15.6. The van der Waals surface area contributed by atoms with E-state index in [4.69, 9.17) is 9.15 Å². The molecule has 1 atom stereocenters. The van der Waals surface area contributed by atoms with Crippen LogP contribution in [0.5, 0.6) is 0 Å². The maximum atomic E-state index is 12.2. The zero-order valence-corrected chi connectivity index (χ0v) is 16.5. The summed E-state index contributed by atoms with van der Waals surface area (Å²) in [6.45, 7) is 3.74. The van der Waals surface area contributed by atoms with Crippen molar-refractivity contribution in [2.45, 2.75) is 45.3 Å². The fourth-order valence-electron chi connectivity index (χ4n) is 2.98. The second-order valence-electron chi connectivity index (χ2n) is 6.77. The second-order valence-corrected chi connectivity index (χ2v) is 7.87. The third kappa shape index (κ3) is 4.81. The molecule has 2 aromatic rings. The van der Waals surface area contributed by atoms with Crippen LogP contribution in [-0.4, -0.2) is 24.1 Å². The number of amides is 2. The van der Waals surface area contributed by atoms with E-state index in [2.05, 4.69) is 16.7 Å². The lowest BCUT2D eigenvalue weighted by molar-refractivity contribution is -0.111. The molecule has 1 unspecified atom stereocenters. The van der Waals surface area contributed by atoms with Crippen LogP contribution in [-0.2, 0) is 22.4 Å². The molecule has 0 spiro atoms. The number of rotatable bonds is 5. The molecule has 2 amide bonds. The van der Waals surface area contributed by atoms with Gasteiger partial charge in [-0.15, -0.1) is 11.3 Å². The van der Waals surface area contributed by atoms with Gasteiger partial charge in [-0.2, -0.15) is 5.26 Å². The molecule has 1 aliphatic rings. The number of nitrogens with one attached hydrogen (secondary N) is 2. The van der Waals surface area contributed by atoms with Gasteiger partial charge in [0.05, 0.1) is 18.1 Å². The molecule has 0 radical (unpaired) electrons. The van der Waals surface area contributed by atoms with Crippen LogP contribution in [0.15, 0.2) is 29.1 Å². The number of fused-ring (bicyclic) bond motifs is 1. The van der Waals surface area contributed by atoms with Crippen molar-refractivity contribution < 1.29 is 18.7 Å². The van der Waals surface area contributed by atoms with Crippen LogP contribution in [0, 0.1) is 11.3 Å². The maximum absolute atomic E-state index is 12.2. The number of carbonyl (C=O) groups excluding carboxylic acids is 2. The first-order valence-electron chi connectivity index (χ1n) is 8.99. The summed E-state index contributed by atoms with van der Waals surface area (Å²) in [7, 11) is 0. The number of thiophene rings is 1. The van der Waals surface area contributed by atoms with Gasteiger partial charge in [0.25, 0.3) is 0 Å². The van der Waals surface area contributed by atoms with Gasteiger partial charge in [0.1, 0.15) is 17.2 Å². The van der Waals surface area contributed by atoms with E-state index in [0.717, 1.165) is 16.0 Å². The fraction of sp³-hybridized carbons (Fsp3) is 0.350. The minimum atomic E-state index is -0.432. The van der Waals surface area contributed by atoms with Crippen LogP contribution in [0.25, 0.3) is 6.08 Å². The number of anilines is 1. The predicted octanol–water partition coefficient (Wildman–Crippen LogP) is 3.86. The van der Waals surface area contributed by atoms with E-state index in [1.54, 1.807) is 12.1 Å². The van der Waals surface area contributed by atoms with Crippen molar-refractivity contribution in [3.8, 4) is 6.07 Å². The smallest absolute Gasteiger partial charge is 0.407 e. The molecule has 28 heavy (non-hydrogen) atoms. The number of hydrogen-bond donors (Lipinski definition) is 2. The number of carbonyl (C=O) groups is 2. The van der Waals surface area contributed by atoms with Crippen molar-refractivity contribution in [1.29, 1.82) is 5.26 Å². The van der Waals surface area contributed by atoms with Gasteiger partial charge in [-0.1, -0.05) is 0 Å². The third-order valence-corrected chi connectivity index (χ3v) is 5.39. The number of furan rings is 1. The molecule has 3 rings (SSSR count). The Hall–Kier alpha value is -3.05. The molecule has 1 aliphatic carbocycles. The summed E-state index contributed by atoms with van der Waals surface area (Å²) >= 11 is 1.36. The van der Waals surface area contributed by atoms with Crippen LogP contribution in [0.4, 0.5) is 9.80 Å². The number of hydrogen-bond acceptors (Lipinski definition) is 6. The monoisotopic (exact) mass is 399 g/mol. The first-order chi connectivity index (χ1) is 13.5. The molecule has 2 aromatic heterocycles. The van der Waals surface area contributed by atoms with Crippen LogP contribution in [0.3, 0.4) is 0 Å². The van der Waals surface area contributed by atoms with Crippen LogP contribution >= 0.6 is 11.3 Å². The third-order valence-electron chi connectivity index (χ3n) is 4.22. The summed E-state index contributed by atoms with van der Waals surface area (Å²) < 4.78 is 10.4. The largest absolute Gasteiger partial charge is 0.472 e. The highest BCUT2D eigenvalue weighted by molar-refractivity contribution is 7.16. The van der Waals surface area contributed by atoms with Gasteiger partial charge < -0.3 is 19.8 Å². The van der Waals surface area contributed by atoms with Crippen molar-refractivity contribution >= 4 is 34.4 Å². The van der Waals surface area contributed by atoms with Gasteiger partial charge in [-0.25, -0.2) is 4.79 Å². The molecular weight excluding hydrogens is 378 g/mol. The van der Waals surface area contributed by atoms with E-state index in [-0.39, 0.29) is 18.1 Å². The Morgan fingerprint density at radius 2 is 2.29 bits per heavy atom. The van der Waals surface area contributed by atoms with Crippen LogP contribution in [0.2, 0.25) is 0 Å². The van der Waals surface area contributed by atoms with E-state index in [1.807, 2.05) is 13.8 Å². The highest BCUT2D eigenvalue weighted by Gasteiger charge is 2.28. The lowest BCUT2D eigenvalue weighted by atomic mass is 9.94. The lowest BCUT2D eigenvalue weighted by Crippen LogP contribution is -2.35. The average molecular weight is 399 g/mol. The summed E-state index contributed by atoms with van der Waals surface area (Å²) in [6.07, 6.45) is 7.25. The average Bonchev–Trinajstić information content (AvgIpc) is 3.25. The molecule has 0 saturated carbocycles. The van der Waals surface area contributed by atoms with Gasteiger partial charge in [-0.3, -0.25) is 4.79 Å². The molecule has 2 N–H and O–H groups in total. The van der Waals surface area contributed by atoms with E-state index in [9.17, 15) is 14.9 Å². The lowest BCUT2D eigenvalue weighted by Gasteiger charge is -2.23. The number of alkyl carbamates (subject to hydrolysis) is 1. The first kappa shape index (κ1) is 19.7. The minimum Gasteiger partial charge on any atom is -0.472 e. The highest BCUT2D eigenvalue weighted by Crippen LogP contribution is 2.38. The summed E-state index contributed by atoms with van der Waals surface area (Å²) in [5.41, 5.74) is 2.21. The Morgan fingerprint density at radius 1 is 1.46 bits per heavy atom. The number of ether oxygens (including phenoxy) is 1. The number of nitrogens with zero attached hydrogens (tertiary/aromatic N) is 1. The van der Waals surface area contributed by atoms with E-state index in [1.165, 1.54) is 29.9 Å². The molecule has 2 heterocycles. The fourth-order valence-corrected chi connectivity index (χ4v) is 4.24. The Labute approximate surface area is 167 Å². The predicted molar refractivity (Wildman–Crippen MR) is 106 cm³/mol.